The maximum atomic E-state index is 14.2. The first-order valence-electron chi connectivity index (χ1n) is 7.59. The van der Waals surface area contributed by atoms with Crippen LogP contribution < -0.4 is 0 Å². The van der Waals surface area contributed by atoms with Gasteiger partial charge in [-0.3, -0.25) is 9.59 Å². The molecular weight excluding hydrogens is 306 g/mol. The molecule has 0 saturated carbocycles. The summed E-state index contributed by atoms with van der Waals surface area (Å²) >= 11 is 0. The zero-order valence-corrected chi connectivity index (χ0v) is 12.8. The lowest BCUT2D eigenvalue weighted by Crippen LogP contribution is -2.57. The van der Waals surface area contributed by atoms with E-state index in [-0.39, 0.29) is 18.1 Å². The zero-order chi connectivity index (χ0) is 16.7. The molecule has 0 aliphatic carbocycles. The molecule has 0 bridgehead atoms. The topological polar surface area (TPSA) is 66.4 Å². The highest BCUT2D eigenvalue weighted by Gasteiger charge is 2.57. The summed E-state index contributed by atoms with van der Waals surface area (Å²) < 4.78 is 28.5. The standard InChI is InChI=1S/C15H18F2N4O2/c1-2-20-6-4-14(13(20)23)7-15(16,17)9-21(8-14)12(22)11-3-5-18-10-19-11/h3,5,10H,2,4,6-9H2,1H3/t14-/m1/s1. The second-order valence-corrected chi connectivity index (χ2v) is 6.20. The SMILES string of the molecule is CCN1CC[C@@]2(CN(C(=O)c3ccncn3)CC(F)(F)C2)C1=O. The summed E-state index contributed by atoms with van der Waals surface area (Å²) in [6.07, 6.45) is 2.44. The molecule has 0 aromatic carbocycles. The Morgan fingerprint density at radius 1 is 1.39 bits per heavy atom. The van der Waals surface area contributed by atoms with Gasteiger partial charge in [0, 0.05) is 32.3 Å². The number of aromatic nitrogens is 2. The minimum atomic E-state index is -3.08. The van der Waals surface area contributed by atoms with E-state index in [1.165, 1.54) is 18.6 Å². The molecule has 2 amide bonds. The molecule has 6 nitrogen and oxygen atoms in total. The predicted molar refractivity (Wildman–Crippen MR) is 76.8 cm³/mol. The Bertz CT molecular complexity index is 625. The van der Waals surface area contributed by atoms with E-state index in [0.29, 0.717) is 19.5 Å². The Morgan fingerprint density at radius 2 is 2.17 bits per heavy atom. The van der Waals surface area contributed by atoms with E-state index in [1.807, 2.05) is 6.92 Å². The number of carbonyl (C=O) groups excluding carboxylic acids is 2. The number of hydrogen-bond acceptors (Lipinski definition) is 4. The molecule has 0 radical (unpaired) electrons. The van der Waals surface area contributed by atoms with E-state index < -0.39 is 30.2 Å². The van der Waals surface area contributed by atoms with Crippen LogP contribution in [-0.4, -0.2) is 63.7 Å². The number of amides is 2. The van der Waals surface area contributed by atoms with Crippen LogP contribution in [0.3, 0.4) is 0 Å². The average molecular weight is 324 g/mol. The second-order valence-electron chi connectivity index (χ2n) is 6.20. The Kier molecular flexibility index (Phi) is 3.77. The molecule has 0 N–H and O–H groups in total. The highest BCUT2D eigenvalue weighted by Crippen LogP contribution is 2.45. The van der Waals surface area contributed by atoms with Crippen molar-refractivity contribution in [3.8, 4) is 0 Å². The number of piperidine rings is 1. The van der Waals surface area contributed by atoms with Crippen LogP contribution in [0.5, 0.6) is 0 Å². The molecule has 2 fully saturated rings. The molecule has 1 aromatic heterocycles. The lowest BCUT2D eigenvalue weighted by Gasteiger charge is -2.42. The van der Waals surface area contributed by atoms with E-state index in [9.17, 15) is 18.4 Å². The van der Waals surface area contributed by atoms with Crippen LogP contribution in [0.4, 0.5) is 8.78 Å². The van der Waals surface area contributed by atoms with Crippen molar-refractivity contribution in [3.05, 3.63) is 24.3 Å². The predicted octanol–water partition coefficient (Wildman–Crippen LogP) is 1.20. The van der Waals surface area contributed by atoms with Crippen molar-refractivity contribution in [3.63, 3.8) is 0 Å². The Labute approximate surface area is 132 Å². The molecule has 1 aromatic rings. The van der Waals surface area contributed by atoms with Gasteiger partial charge in [0.1, 0.15) is 12.0 Å². The molecule has 124 valence electrons. The van der Waals surface area contributed by atoms with Crippen molar-refractivity contribution in [2.75, 3.05) is 26.2 Å². The van der Waals surface area contributed by atoms with Crippen LogP contribution in [-0.2, 0) is 4.79 Å². The number of nitrogens with zero attached hydrogens (tertiary/aromatic N) is 4. The molecule has 8 heteroatoms. The van der Waals surface area contributed by atoms with E-state index in [4.69, 9.17) is 0 Å². The van der Waals surface area contributed by atoms with Gasteiger partial charge in [0.05, 0.1) is 12.0 Å². The van der Waals surface area contributed by atoms with Gasteiger partial charge in [-0.2, -0.15) is 0 Å². The smallest absolute Gasteiger partial charge is 0.272 e. The van der Waals surface area contributed by atoms with Crippen molar-refractivity contribution in [2.24, 2.45) is 5.41 Å². The van der Waals surface area contributed by atoms with Gasteiger partial charge in [-0.25, -0.2) is 18.7 Å². The monoisotopic (exact) mass is 324 g/mol. The van der Waals surface area contributed by atoms with Gasteiger partial charge >= 0.3 is 0 Å². The Balaban J connectivity index is 1.88. The maximum absolute atomic E-state index is 14.2. The molecule has 3 heterocycles. The van der Waals surface area contributed by atoms with E-state index in [1.54, 1.807) is 4.90 Å². The molecule has 2 saturated heterocycles. The van der Waals surface area contributed by atoms with Gasteiger partial charge in [-0.15, -0.1) is 0 Å². The van der Waals surface area contributed by atoms with Crippen LogP contribution in [0.2, 0.25) is 0 Å². The summed E-state index contributed by atoms with van der Waals surface area (Å²) in [7, 11) is 0. The van der Waals surface area contributed by atoms with Crippen molar-refractivity contribution in [2.45, 2.75) is 25.7 Å². The number of carbonyl (C=O) groups is 2. The van der Waals surface area contributed by atoms with Crippen molar-refractivity contribution in [1.29, 1.82) is 0 Å². The first kappa shape index (κ1) is 15.8. The number of alkyl halides is 2. The second kappa shape index (κ2) is 5.50. The van der Waals surface area contributed by atoms with Crippen LogP contribution in [0, 0.1) is 5.41 Å². The lowest BCUT2D eigenvalue weighted by molar-refractivity contribution is -0.151. The van der Waals surface area contributed by atoms with Gasteiger partial charge in [0.2, 0.25) is 5.91 Å². The van der Waals surface area contributed by atoms with Crippen LogP contribution in [0.1, 0.15) is 30.3 Å². The number of rotatable bonds is 2. The maximum Gasteiger partial charge on any atom is 0.272 e. The third kappa shape index (κ3) is 2.77. The summed E-state index contributed by atoms with van der Waals surface area (Å²) in [5.74, 6) is -3.95. The molecule has 0 unspecified atom stereocenters. The Hall–Kier alpha value is -2.12. The minimum Gasteiger partial charge on any atom is -0.342 e. The van der Waals surface area contributed by atoms with Crippen LogP contribution in [0.15, 0.2) is 18.6 Å². The minimum absolute atomic E-state index is 0.0146. The summed E-state index contributed by atoms with van der Waals surface area (Å²) in [4.78, 5) is 35.2. The fourth-order valence-electron chi connectivity index (χ4n) is 3.54. The van der Waals surface area contributed by atoms with Gasteiger partial charge in [-0.1, -0.05) is 0 Å². The number of hydrogen-bond donors (Lipinski definition) is 0. The molecule has 1 spiro atoms. The van der Waals surface area contributed by atoms with E-state index >= 15 is 0 Å². The van der Waals surface area contributed by atoms with E-state index in [2.05, 4.69) is 9.97 Å². The average Bonchev–Trinajstić information content (AvgIpc) is 2.81. The number of likely N-dealkylation sites (tertiary alicyclic amines) is 2. The third-order valence-electron chi connectivity index (χ3n) is 4.58. The van der Waals surface area contributed by atoms with Crippen LogP contribution >= 0.6 is 0 Å². The highest BCUT2D eigenvalue weighted by atomic mass is 19.3. The first-order valence-corrected chi connectivity index (χ1v) is 7.59. The molecule has 2 aliphatic heterocycles. The number of halogens is 2. The van der Waals surface area contributed by atoms with Crippen LogP contribution in [0.25, 0.3) is 0 Å². The molecule has 3 rings (SSSR count). The van der Waals surface area contributed by atoms with Gasteiger partial charge < -0.3 is 9.80 Å². The third-order valence-corrected chi connectivity index (χ3v) is 4.58. The Morgan fingerprint density at radius 3 is 2.78 bits per heavy atom. The van der Waals surface area contributed by atoms with Gasteiger partial charge in [-0.05, 0) is 19.4 Å². The van der Waals surface area contributed by atoms with Gasteiger partial charge in [0.25, 0.3) is 11.8 Å². The fraction of sp³-hybridized carbons (Fsp3) is 0.600. The molecule has 23 heavy (non-hydrogen) atoms. The summed E-state index contributed by atoms with van der Waals surface area (Å²) in [6.45, 7) is 2.10. The molecule has 1 atom stereocenters. The normalized spacial score (nSPS) is 26.8. The summed E-state index contributed by atoms with van der Waals surface area (Å²) in [5, 5.41) is 0. The van der Waals surface area contributed by atoms with Crippen molar-refractivity contribution in [1.82, 2.24) is 19.8 Å². The quantitative estimate of drug-likeness (QED) is 0.820. The van der Waals surface area contributed by atoms with E-state index in [0.717, 1.165) is 4.90 Å². The molecular formula is C15H18F2N4O2. The van der Waals surface area contributed by atoms with Crippen molar-refractivity contribution < 1.29 is 18.4 Å². The summed E-state index contributed by atoms with van der Waals surface area (Å²) in [6, 6.07) is 1.39. The lowest BCUT2D eigenvalue weighted by atomic mass is 9.77. The fourth-order valence-corrected chi connectivity index (χ4v) is 3.54. The first-order chi connectivity index (χ1) is 10.9. The zero-order valence-electron chi connectivity index (χ0n) is 12.8. The summed E-state index contributed by atoms with van der Waals surface area (Å²) in [5.41, 5.74) is -1.12. The highest BCUT2D eigenvalue weighted by molar-refractivity contribution is 5.93. The van der Waals surface area contributed by atoms with Gasteiger partial charge in [0.15, 0.2) is 0 Å². The molecule has 2 aliphatic rings. The largest absolute Gasteiger partial charge is 0.342 e. The van der Waals surface area contributed by atoms with Crippen molar-refractivity contribution >= 4 is 11.8 Å².